The average Bonchev–Trinajstić information content (AvgIpc) is 2.56. The minimum atomic E-state index is 0.334. The number of ether oxygens (including phenoxy) is 2. The number of hydrogen-bond acceptors (Lipinski definition) is 3. The van der Waals surface area contributed by atoms with Crippen LogP contribution in [0.2, 0.25) is 0 Å². The number of fused-ring (bicyclic) bond motifs is 1. The summed E-state index contributed by atoms with van der Waals surface area (Å²) in [5.41, 5.74) is 0. The third kappa shape index (κ3) is 3.36. The molecule has 3 heteroatoms. The molecule has 0 N–H and O–H groups in total. The summed E-state index contributed by atoms with van der Waals surface area (Å²) >= 11 is 0. The van der Waals surface area contributed by atoms with Gasteiger partial charge in [-0.1, -0.05) is 25.1 Å². The molecule has 1 fully saturated rings. The number of hydrogen-bond donors (Lipinski definition) is 0. The number of rotatable bonds is 5. The SMILES string of the molecule is CCCN1CCC(Oc2ccc3cccc(OC)c3c2)CC1. The van der Waals surface area contributed by atoms with Gasteiger partial charge < -0.3 is 14.4 Å². The molecule has 0 aliphatic carbocycles. The summed E-state index contributed by atoms with van der Waals surface area (Å²) in [7, 11) is 1.71. The number of benzene rings is 2. The Bertz CT molecular complexity index is 618. The zero-order chi connectivity index (χ0) is 15.4. The van der Waals surface area contributed by atoms with Crippen LogP contribution in [-0.4, -0.2) is 37.7 Å². The van der Waals surface area contributed by atoms with Gasteiger partial charge in [-0.2, -0.15) is 0 Å². The molecule has 2 aromatic carbocycles. The van der Waals surface area contributed by atoms with E-state index in [9.17, 15) is 0 Å². The topological polar surface area (TPSA) is 21.7 Å². The quantitative estimate of drug-likeness (QED) is 0.829. The lowest BCUT2D eigenvalue weighted by Gasteiger charge is -2.31. The monoisotopic (exact) mass is 299 g/mol. The van der Waals surface area contributed by atoms with Crippen molar-refractivity contribution in [1.82, 2.24) is 4.90 Å². The van der Waals surface area contributed by atoms with E-state index >= 15 is 0 Å². The van der Waals surface area contributed by atoms with Gasteiger partial charge >= 0.3 is 0 Å². The van der Waals surface area contributed by atoms with Gasteiger partial charge in [-0.25, -0.2) is 0 Å². The molecule has 3 rings (SSSR count). The average molecular weight is 299 g/mol. The highest BCUT2D eigenvalue weighted by Crippen LogP contribution is 2.30. The summed E-state index contributed by atoms with van der Waals surface area (Å²) in [6, 6.07) is 12.4. The van der Waals surface area contributed by atoms with Crippen LogP contribution in [0.25, 0.3) is 10.8 Å². The Hall–Kier alpha value is -1.74. The van der Waals surface area contributed by atoms with E-state index < -0.39 is 0 Å². The van der Waals surface area contributed by atoms with Gasteiger partial charge in [0.15, 0.2) is 0 Å². The number of piperidine rings is 1. The van der Waals surface area contributed by atoms with Crippen molar-refractivity contribution in [1.29, 1.82) is 0 Å². The van der Waals surface area contributed by atoms with E-state index in [0.717, 1.165) is 42.8 Å². The van der Waals surface area contributed by atoms with Crippen molar-refractivity contribution >= 4 is 10.8 Å². The fourth-order valence-corrected chi connectivity index (χ4v) is 3.23. The van der Waals surface area contributed by atoms with E-state index in [1.54, 1.807) is 7.11 Å². The van der Waals surface area contributed by atoms with E-state index in [0.29, 0.717) is 6.10 Å². The van der Waals surface area contributed by atoms with Gasteiger partial charge in [0.1, 0.15) is 17.6 Å². The van der Waals surface area contributed by atoms with Crippen LogP contribution in [0.15, 0.2) is 36.4 Å². The summed E-state index contributed by atoms with van der Waals surface area (Å²) in [6.45, 7) is 5.75. The Morgan fingerprint density at radius 1 is 1.14 bits per heavy atom. The van der Waals surface area contributed by atoms with Crippen LogP contribution in [-0.2, 0) is 0 Å². The maximum Gasteiger partial charge on any atom is 0.126 e. The second-order valence-corrected chi connectivity index (χ2v) is 6.00. The Morgan fingerprint density at radius 2 is 1.95 bits per heavy atom. The molecule has 0 saturated carbocycles. The first kappa shape index (κ1) is 15.2. The fourth-order valence-electron chi connectivity index (χ4n) is 3.23. The van der Waals surface area contributed by atoms with Crippen LogP contribution in [0.4, 0.5) is 0 Å². The maximum atomic E-state index is 6.21. The van der Waals surface area contributed by atoms with Crippen molar-refractivity contribution in [2.75, 3.05) is 26.7 Å². The molecule has 1 saturated heterocycles. The lowest BCUT2D eigenvalue weighted by molar-refractivity contribution is 0.101. The zero-order valence-corrected chi connectivity index (χ0v) is 13.5. The highest BCUT2D eigenvalue weighted by molar-refractivity contribution is 5.89. The third-order valence-electron chi connectivity index (χ3n) is 4.41. The normalized spacial score (nSPS) is 16.8. The van der Waals surface area contributed by atoms with Gasteiger partial charge in [-0.3, -0.25) is 0 Å². The Labute approximate surface area is 132 Å². The molecule has 1 heterocycles. The smallest absolute Gasteiger partial charge is 0.126 e. The predicted octanol–water partition coefficient (Wildman–Crippen LogP) is 4.10. The highest BCUT2D eigenvalue weighted by atomic mass is 16.5. The largest absolute Gasteiger partial charge is 0.496 e. The van der Waals surface area contributed by atoms with Crippen LogP contribution < -0.4 is 9.47 Å². The van der Waals surface area contributed by atoms with E-state index in [4.69, 9.17) is 9.47 Å². The van der Waals surface area contributed by atoms with Crippen LogP contribution in [0.5, 0.6) is 11.5 Å². The molecule has 0 bridgehead atoms. The Kier molecular flexibility index (Phi) is 4.84. The van der Waals surface area contributed by atoms with Crippen molar-refractivity contribution in [3.63, 3.8) is 0 Å². The van der Waals surface area contributed by atoms with Gasteiger partial charge in [0.2, 0.25) is 0 Å². The molecular weight excluding hydrogens is 274 g/mol. The number of nitrogens with zero attached hydrogens (tertiary/aromatic N) is 1. The first-order chi connectivity index (χ1) is 10.8. The summed E-state index contributed by atoms with van der Waals surface area (Å²) in [6.07, 6.45) is 3.80. The molecule has 2 aromatic rings. The summed E-state index contributed by atoms with van der Waals surface area (Å²) in [5.74, 6) is 1.85. The minimum absolute atomic E-state index is 0.334. The van der Waals surface area contributed by atoms with E-state index in [2.05, 4.69) is 36.1 Å². The van der Waals surface area contributed by atoms with Crippen molar-refractivity contribution in [2.24, 2.45) is 0 Å². The second kappa shape index (κ2) is 7.01. The van der Waals surface area contributed by atoms with Gasteiger partial charge in [-0.05, 0) is 49.4 Å². The second-order valence-electron chi connectivity index (χ2n) is 6.00. The van der Waals surface area contributed by atoms with Gasteiger partial charge in [-0.15, -0.1) is 0 Å². The molecule has 1 aliphatic heterocycles. The lowest BCUT2D eigenvalue weighted by atomic mass is 10.1. The van der Waals surface area contributed by atoms with Gasteiger partial charge in [0.25, 0.3) is 0 Å². The predicted molar refractivity (Wildman–Crippen MR) is 90.9 cm³/mol. The van der Waals surface area contributed by atoms with Crippen LogP contribution in [0, 0.1) is 0 Å². The molecule has 0 atom stereocenters. The standard InChI is InChI=1S/C19H25NO2/c1-3-11-20-12-9-16(10-13-20)22-17-8-7-15-5-4-6-19(21-2)18(15)14-17/h4-8,14,16H,3,9-13H2,1-2H3. The molecule has 3 nitrogen and oxygen atoms in total. The number of likely N-dealkylation sites (tertiary alicyclic amines) is 1. The summed E-state index contributed by atoms with van der Waals surface area (Å²) < 4.78 is 11.7. The molecule has 0 spiro atoms. The molecular formula is C19H25NO2. The first-order valence-electron chi connectivity index (χ1n) is 8.26. The number of methoxy groups -OCH3 is 1. The maximum absolute atomic E-state index is 6.21. The zero-order valence-electron chi connectivity index (χ0n) is 13.5. The van der Waals surface area contributed by atoms with Crippen molar-refractivity contribution in [2.45, 2.75) is 32.3 Å². The first-order valence-corrected chi connectivity index (χ1v) is 8.26. The Morgan fingerprint density at radius 3 is 2.68 bits per heavy atom. The van der Waals surface area contributed by atoms with Crippen molar-refractivity contribution in [3.05, 3.63) is 36.4 Å². The summed E-state index contributed by atoms with van der Waals surface area (Å²) in [4.78, 5) is 2.53. The molecule has 0 aromatic heterocycles. The van der Waals surface area contributed by atoms with Crippen molar-refractivity contribution < 1.29 is 9.47 Å². The van der Waals surface area contributed by atoms with E-state index in [1.807, 2.05) is 12.1 Å². The van der Waals surface area contributed by atoms with Crippen LogP contribution >= 0.6 is 0 Å². The van der Waals surface area contributed by atoms with Gasteiger partial charge in [0.05, 0.1) is 7.11 Å². The molecule has 1 aliphatic rings. The van der Waals surface area contributed by atoms with Crippen molar-refractivity contribution in [3.8, 4) is 11.5 Å². The Balaban J connectivity index is 1.69. The highest BCUT2D eigenvalue weighted by Gasteiger charge is 2.20. The molecule has 0 radical (unpaired) electrons. The lowest BCUT2D eigenvalue weighted by Crippen LogP contribution is -2.38. The molecule has 0 amide bonds. The molecule has 0 unspecified atom stereocenters. The summed E-state index contributed by atoms with van der Waals surface area (Å²) in [5, 5.41) is 2.30. The third-order valence-corrected chi connectivity index (χ3v) is 4.41. The van der Waals surface area contributed by atoms with E-state index in [-0.39, 0.29) is 0 Å². The van der Waals surface area contributed by atoms with Crippen LogP contribution in [0.1, 0.15) is 26.2 Å². The van der Waals surface area contributed by atoms with E-state index in [1.165, 1.54) is 18.4 Å². The fraction of sp³-hybridized carbons (Fsp3) is 0.474. The van der Waals surface area contributed by atoms with Gasteiger partial charge in [0, 0.05) is 18.5 Å². The van der Waals surface area contributed by atoms with Crippen LogP contribution in [0.3, 0.4) is 0 Å². The molecule has 22 heavy (non-hydrogen) atoms. The minimum Gasteiger partial charge on any atom is -0.496 e. The molecule has 118 valence electrons.